The molecule has 1 N–H and O–H groups in total. The number of carbonyl (C=O) groups is 1. The molecule has 1 amide bonds. The van der Waals surface area contributed by atoms with E-state index in [9.17, 15) is 14.0 Å². The molecule has 146 valence electrons. The summed E-state index contributed by atoms with van der Waals surface area (Å²) in [5.41, 5.74) is 1.54. The number of hydrogen-bond donors (Lipinski definition) is 1. The lowest BCUT2D eigenvalue weighted by molar-refractivity contribution is 0.102. The highest BCUT2D eigenvalue weighted by atomic mass is 32.1. The van der Waals surface area contributed by atoms with Gasteiger partial charge in [0.2, 0.25) is 0 Å². The smallest absolute Gasteiger partial charge is 0.258 e. The molecule has 6 nitrogen and oxygen atoms in total. The van der Waals surface area contributed by atoms with E-state index in [-0.39, 0.29) is 17.7 Å². The first kappa shape index (κ1) is 18.8. The molecule has 4 rings (SSSR count). The number of rotatable bonds is 5. The summed E-state index contributed by atoms with van der Waals surface area (Å²) < 4.78 is 21.2. The third-order valence-corrected chi connectivity index (χ3v) is 4.99. The molecule has 0 fully saturated rings. The van der Waals surface area contributed by atoms with Crippen LogP contribution < -0.4 is 15.6 Å². The zero-order valence-electron chi connectivity index (χ0n) is 15.4. The minimum atomic E-state index is -0.603. The van der Waals surface area contributed by atoms with Crippen LogP contribution in [0.5, 0.6) is 5.75 Å². The Bertz CT molecular complexity index is 1270. The number of aryl methyl sites for hydroxylation is 1. The molecular weight excluding hydrogens is 393 g/mol. The van der Waals surface area contributed by atoms with E-state index in [1.165, 1.54) is 40.0 Å². The molecule has 2 heterocycles. The summed E-state index contributed by atoms with van der Waals surface area (Å²) >= 11 is 1.35. The summed E-state index contributed by atoms with van der Waals surface area (Å²) in [4.78, 5) is 29.5. The van der Waals surface area contributed by atoms with Crippen LogP contribution in [0.3, 0.4) is 0 Å². The van der Waals surface area contributed by atoms with Crippen molar-refractivity contribution in [1.29, 1.82) is 0 Å². The molecule has 0 unspecified atom stereocenters. The second kappa shape index (κ2) is 7.84. The van der Waals surface area contributed by atoms with Crippen molar-refractivity contribution in [2.24, 2.45) is 0 Å². The molecule has 0 atom stereocenters. The number of halogens is 1. The summed E-state index contributed by atoms with van der Waals surface area (Å²) in [6.07, 6.45) is 1.66. The Hall–Kier alpha value is -3.52. The van der Waals surface area contributed by atoms with Crippen LogP contribution in [-0.4, -0.2) is 15.3 Å². The largest absolute Gasteiger partial charge is 0.485 e. The number of amides is 1. The predicted molar refractivity (Wildman–Crippen MR) is 109 cm³/mol. The van der Waals surface area contributed by atoms with Gasteiger partial charge in [-0.2, -0.15) is 0 Å². The monoisotopic (exact) mass is 409 g/mol. The van der Waals surface area contributed by atoms with Gasteiger partial charge in [0, 0.05) is 17.6 Å². The Kier molecular flexibility index (Phi) is 5.09. The number of carbonyl (C=O) groups excluding carboxylic acids is 1. The van der Waals surface area contributed by atoms with Gasteiger partial charge in [0.25, 0.3) is 11.5 Å². The highest BCUT2D eigenvalue weighted by Gasteiger charge is 2.14. The van der Waals surface area contributed by atoms with Gasteiger partial charge in [0.1, 0.15) is 18.2 Å². The number of benzene rings is 2. The lowest BCUT2D eigenvalue weighted by Gasteiger charge is -2.13. The van der Waals surface area contributed by atoms with Crippen LogP contribution in [0.2, 0.25) is 0 Å². The average molecular weight is 409 g/mol. The van der Waals surface area contributed by atoms with Crippen molar-refractivity contribution >= 4 is 27.9 Å². The second-order valence-corrected chi connectivity index (χ2v) is 7.24. The van der Waals surface area contributed by atoms with E-state index in [1.54, 1.807) is 29.8 Å². The molecule has 4 aromatic rings. The van der Waals surface area contributed by atoms with Crippen molar-refractivity contribution in [2.75, 3.05) is 5.32 Å². The fourth-order valence-electron chi connectivity index (χ4n) is 2.82. The van der Waals surface area contributed by atoms with Gasteiger partial charge in [-0.3, -0.25) is 14.0 Å². The topological polar surface area (TPSA) is 72.7 Å². The van der Waals surface area contributed by atoms with E-state index in [4.69, 9.17) is 4.74 Å². The van der Waals surface area contributed by atoms with Crippen molar-refractivity contribution < 1.29 is 13.9 Å². The van der Waals surface area contributed by atoms with Crippen LogP contribution in [0.4, 0.5) is 10.1 Å². The Labute approximate surface area is 169 Å². The van der Waals surface area contributed by atoms with Crippen LogP contribution in [0.1, 0.15) is 21.6 Å². The molecule has 2 aromatic heterocycles. The van der Waals surface area contributed by atoms with Crippen LogP contribution in [-0.2, 0) is 6.61 Å². The number of aromatic nitrogens is 2. The first-order valence-electron chi connectivity index (χ1n) is 8.76. The maximum Gasteiger partial charge on any atom is 0.258 e. The lowest BCUT2D eigenvalue weighted by Crippen LogP contribution is -2.16. The zero-order chi connectivity index (χ0) is 20.4. The van der Waals surface area contributed by atoms with Gasteiger partial charge in [0.05, 0.1) is 16.9 Å². The molecule has 0 aliphatic heterocycles. The molecule has 0 bridgehead atoms. The molecule has 0 aliphatic carbocycles. The SMILES string of the molecule is Cc1ccc(OCc2cc(=O)n3ccsc3n2)c(NC(=O)c2ccccc2F)c1. The number of hydrogen-bond acceptors (Lipinski definition) is 5. The van der Waals surface area contributed by atoms with E-state index >= 15 is 0 Å². The summed E-state index contributed by atoms with van der Waals surface area (Å²) in [5, 5.41) is 4.48. The molecule has 8 heteroatoms. The fraction of sp³-hybridized carbons (Fsp3) is 0.0952. The quantitative estimate of drug-likeness (QED) is 0.540. The van der Waals surface area contributed by atoms with E-state index in [0.29, 0.717) is 22.1 Å². The Morgan fingerprint density at radius 2 is 2.07 bits per heavy atom. The van der Waals surface area contributed by atoms with E-state index in [1.807, 2.05) is 13.0 Å². The van der Waals surface area contributed by atoms with Crippen LogP contribution in [0, 0.1) is 12.7 Å². The number of nitrogens with one attached hydrogen (secondary N) is 1. The number of thiazole rings is 1. The summed E-state index contributed by atoms with van der Waals surface area (Å²) in [6.45, 7) is 1.92. The molecule has 0 radical (unpaired) electrons. The van der Waals surface area contributed by atoms with E-state index in [2.05, 4.69) is 10.3 Å². The predicted octanol–water partition coefficient (Wildman–Crippen LogP) is 4.03. The third kappa shape index (κ3) is 4.02. The van der Waals surface area contributed by atoms with Gasteiger partial charge < -0.3 is 10.1 Å². The van der Waals surface area contributed by atoms with Gasteiger partial charge in [-0.15, -0.1) is 11.3 Å². The average Bonchev–Trinajstić information content (AvgIpc) is 3.17. The first-order valence-corrected chi connectivity index (χ1v) is 9.64. The minimum Gasteiger partial charge on any atom is -0.485 e. The summed E-state index contributed by atoms with van der Waals surface area (Å²) in [6, 6.07) is 12.4. The number of ether oxygens (including phenoxy) is 1. The fourth-order valence-corrected chi connectivity index (χ4v) is 3.55. The van der Waals surface area contributed by atoms with Gasteiger partial charge in [0.15, 0.2) is 4.96 Å². The Morgan fingerprint density at radius 3 is 2.90 bits per heavy atom. The van der Waals surface area contributed by atoms with Crippen LogP contribution in [0.25, 0.3) is 4.96 Å². The molecule has 0 saturated carbocycles. The summed E-state index contributed by atoms with van der Waals surface area (Å²) in [5.74, 6) is -0.780. The van der Waals surface area contributed by atoms with Crippen molar-refractivity contribution in [3.05, 3.63) is 93.1 Å². The maximum atomic E-state index is 13.9. The van der Waals surface area contributed by atoms with E-state index in [0.717, 1.165) is 5.56 Å². The van der Waals surface area contributed by atoms with Gasteiger partial charge >= 0.3 is 0 Å². The highest BCUT2D eigenvalue weighted by Crippen LogP contribution is 2.27. The second-order valence-electron chi connectivity index (χ2n) is 6.36. The minimum absolute atomic E-state index is 0.0509. The van der Waals surface area contributed by atoms with Crippen molar-refractivity contribution in [1.82, 2.24) is 9.38 Å². The van der Waals surface area contributed by atoms with E-state index < -0.39 is 11.7 Å². The molecule has 0 saturated heterocycles. The molecule has 2 aromatic carbocycles. The highest BCUT2D eigenvalue weighted by molar-refractivity contribution is 7.15. The number of fused-ring (bicyclic) bond motifs is 1. The standard InChI is InChI=1S/C21H16FN3O3S/c1-13-6-7-18(17(10-13)24-20(27)15-4-2-3-5-16(15)22)28-12-14-11-19(26)25-8-9-29-21(25)23-14/h2-11H,12H2,1H3,(H,24,27). The maximum absolute atomic E-state index is 13.9. The third-order valence-electron chi connectivity index (χ3n) is 4.23. The Balaban J connectivity index is 1.57. The number of anilines is 1. The van der Waals surface area contributed by atoms with Gasteiger partial charge in [-0.1, -0.05) is 18.2 Å². The molecular formula is C21H16FN3O3S. The van der Waals surface area contributed by atoms with Crippen molar-refractivity contribution in [3.63, 3.8) is 0 Å². The number of nitrogens with zero attached hydrogens (tertiary/aromatic N) is 2. The normalized spacial score (nSPS) is 10.8. The van der Waals surface area contributed by atoms with Gasteiger partial charge in [-0.25, -0.2) is 9.37 Å². The Morgan fingerprint density at radius 1 is 1.24 bits per heavy atom. The van der Waals surface area contributed by atoms with Crippen molar-refractivity contribution in [2.45, 2.75) is 13.5 Å². The summed E-state index contributed by atoms with van der Waals surface area (Å²) in [7, 11) is 0. The van der Waals surface area contributed by atoms with Crippen LogP contribution >= 0.6 is 11.3 Å². The van der Waals surface area contributed by atoms with Gasteiger partial charge in [-0.05, 0) is 36.8 Å². The zero-order valence-corrected chi connectivity index (χ0v) is 16.2. The molecule has 0 aliphatic rings. The first-order chi connectivity index (χ1) is 14.0. The van der Waals surface area contributed by atoms with Crippen LogP contribution in [0.15, 0.2) is 64.9 Å². The molecule has 29 heavy (non-hydrogen) atoms. The lowest BCUT2D eigenvalue weighted by atomic mass is 10.1. The van der Waals surface area contributed by atoms with Crippen molar-refractivity contribution in [3.8, 4) is 5.75 Å². The molecule has 0 spiro atoms.